The van der Waals surface area contributed by atoms with Crippen LogP contribution in [0.2, 0.25) is 0 Å². The van der Waals surface area contributed by atoms with Crippen LogP contribution in [0.3, 0.4) is 0 Å². The van der Waals surface area contributed by atoms with Gasteiger partial charge in [-0.05, 0) is 44.6 Å². The third-order valence-corrected chi connectivity index (χ3v) is 3.09. The van der Waals surface area contributed by atoms with Crippen molar-refractivity contribution in [3.8, 4) is 0 Å². The Morgan fingerprint density at radius 1 is 1.33 bits per heavy atom. The van der Waals surface area contributed by atoms with E-state index in [4.69, 9.17) is 5.11 Å². The molecule has 1 atom stereocenters. The lowest BCUT2D eigenvalue weighted by Crippen LogP contribution is -2.36. The number of likely N-dealkylation sites (N-methyl/N-ethyl adjacent to an activating group) is 1. The predicted molar refractivity (Wildman–Crippen MR) is 77.3 cm³/mol. The fraction of sp³-hybridized carbons (Fsp3) is 0.467. The minimum atomic E-state index is -0.835. The van der Waals surface area contributed by atoms with E-state index in [1.807, 2.05) is 6.92 Å². The highest BCUT2D eigenvalue weighted by atomic mass is 19.1. The molecule has 21 heavy (non-hydrogen) atoms. The van der Waals surface area contributed by atoms with E-state index in [0.717, 1.165) is 5.56 Å². The van der Waals surface area contributed by atoms with Crippen LogP contribution in [0.4, 0.5) is 4.39 Å². The van der Waals surface area contributed by atoms with Crippen molar-refractivity contribution in [2.24, 2.45) is 0 Å². The zero-order valence-electron chi connectivity index (χ0n) is 12.3. The maximum Gasteiger partial charge on any atom is 0.303 e. The van der Waals surface area contributed by atoms with E-state index in [1.165, 1.54) is 12.1 Å². The first kappa shape index (κ1) is 17.1. The molecule has 0 heterocycles. The van der Waals surface area contributed by atoms with Gasteiger partial charge >= 0.3 is 5.97 Å². The highest BCUT2D eigenvalue weighted by molar-refractivity contribution is 5.78. The van der Waals surface area contributed by atoms with Crippen molar-refractivity contribution in [1.29, 1.82) is 0 Å². The molecule has 0 saturated carbocycles. The fourth-order valence-corrected chi connectivity index (χ4v) is 1.95. The molecule has 0 fully saturated rings. The Balaban J connectivity index is 2.35. The molecule has 0 aliphatic heterocycles. The molecule has 0 aromatic heterocycles. The summed E-state index contributed by atoms with van der Waals surface area (Å²) in [7, 11) is 1.77. The Hall–Kier alpha value is -1.95. The van der Waals surface area contributed by atoms with E-state index in [9.17, 15) is 14.0 Å². The monoisotopic (exact) mass is 296 g/mol. The molecule has 6 heteroatoms. The number of aliphatic carboxylic acids is 1. The Morgan fingerprint density at radius 3 is 2.52 bits per heavy atom. The van der Waals surface area contributed by atoms with Crippen LogP contribution in [0.1, 0.15) is 31.4 Å². The van der Waals surface area contributed by atoms with Gasteiger partial charge in [-0.1, -0.05) is 12.1 Å². The zero-order chi connectivity index (χ0) is 15.8. The van der Waals surface area contributed by atoms with Gasteiger partial charge in [-0.25, -0.2) is 4.39 Å². The summed E-state index contributed by atoms with van der Waals surface area (Å²) in [5, 5.41) is 11.4. The molecule has 0 spiro atoms. The van der Waals surface area contributed by atoms with E-state index >= 15 is 0 Å². The molecule has 2 N–H and O–H groups in total. The number of carbonyl (C=O) groups excluding carboxylic acids is 1. The summed E-state index contributed by atoms with van der Waals surface area (Å²) in [5.41, 5.74) is 0.832. The summed E-state index contributed by atoms with van der Waals surface area (Å²) >= 11 is 0. The van der Waals surface area contributed by atoms with Gasteiger partial charge < -0.3 is 10.4 Å². The van der Waals surface area contributed by atoms with Crippen molar-refractivity contribution in [2.45, 2.75) is 25.8 Å². The Kier molecular flexibility index (Phi) is 6.81. The summed E-state index contributed by atoms with van der Waals surface area (Å²) in [6.45, 7) is 2.57. The van der Waals surface area contributed by atoms with E-state index in [0.29, 0.717) is 13.0 Å². The topological polar surface area (TPSA) is 69.6 Å². The van der Waals surface area contributed by atoms with Crippen LogP contribution in [-0.4, -0.2) is 42.0 Å². The third kappa shape index (κ3) is 6.85. The number of benzene rings is 1. The molecule has 0 saturated heterocycles. The third-order valence-electron chi connectivity index (χ3n) is 3.09. The van der Waals surface area contributed by atoms with E-state index in [2.05, 4.69) is 5.32 Å². The molecule has 0 bridgehead atoms. The standard InChI is InChI=1S/C15H21FN2O3/c1-11(12-5-7-13(16)8-6-12)17-14(19)10-18(2)9-3-4-15(20)21/h5-8,11H,3-4,9-10H2,1-2H3,(H,17,19)(H,20,21). The number of amides is 1. The zero-order valence-corrected chi connectivity index (χ0v) is 12.3. The number of hydrogen-bond donors (Lipinski definition) is 2. The summed E-state index contributed by atoms with van der Waals surface area (Å²) in [6.07, 6.45) is 0.602. The first-order chi connectivity index (χ1) is 9.88. The number of nitrogens with one attached hydrogen (secondary N) is 1. The smallest absolute Gasteiger partial charge is 0.303 e. The van der Waals surface area contributed by atoms with Crippen LogP contribution in [0.25, 0.3) is 0 Å². The second kappa shape index (κ2) is 8.36. The number of carboxylic acids is 1. The van der Waals surface area contributed by atoms with Crippen molar-refractivity contribution >= 4 is 11.9 Å². The minimum absolute atomic E-state index is 0.0952. The van der Waals surface area contributed by atoms with Gasteiger partial charge in [-0.15, -0.1) is 0 Å². The molecule has 1 rings (SSSR count). The average molecular weight is 296 g/mol. The van der Waals surface area contributed by atoms with Gasteiger partial charge in [0, 0.05) is 6.42 Å². The predicted octanol–water partition coefficient (Wildman–Crippen LogP) is 1.80. The van der Waals surface area contributed by atoms with Gasteiger partial charge in [0.15, 0.2) is 0 Å². The number of nitrogens with zero attached hydrogens (tertiary/aromatic N) is 1. The minimum Gasteiger partial charge on any atom is -0.481 e. The van der Waals surface area contributed by atoms with E-state index in [-0.39, 0.29) is 30.7 Å². The van der Waals surface area contributed by atoms with Crippen molar-refractivity contribution < 1.29 is 19.1 Å². The fourth-order valence-electron chi connectivity index (χ4n) is 1.95. The Bertz CT molecular complexity index is 476. The van der Waals surface area contributed by atoms with Crippen molar-refractivity contribution in [1.82, 2.24) is 10.2 Å². The molecule has 116 valence electrons. The summed E-state index contributed by atoms with van der Waals surface area (Å²) < 4.78 is 12.8. The van der Waals surface area contributed by atoms with Crippen LogP contribution < -0.4 is 5.32 Å². The number of carbonyl (C=O) groups is 2. The van der Waals surface area contributed by atoms with E-state index in [1.54, 1.807) is 24.1 Å². The van der Waals surface area contributed by atoms with Gasteiger partial charge in [0.1, 0.15) is 5.82 Å². The van der Waals surface area contributed by atoms with Gasteiger partial charge in [-0.2, -0.15) is 0 Å². The molecule has 1 aromatic carbocycles. The lowest BCUT2D eigenvalue weighted by Gasteiger charge is -2.19. The lowest BCUT2D eigenvalue weighted by atomic mass is 10.1. The first-order valence-electron chi connectivity index (χ1n) is 6.83. The van der Waals surface area contributed by atoms with Crippen LogP contribution in [0, 0.1) is 5.82 Å². The molecule has 0 aliphatic carbocycles. The van der Waals surface area contributed by atoms with Gasteiger partial charge in [0.05, 0.1) is 12.6 Å². The van der Waals surface area contributed by atoms with Crippen LogP contribution in [0.5, 0.6) is 0 Å². The van der Waals surface area contributed by atoms with Crippen molar-refractivity contribution in [3.63, 3.8) is 0 Å². The molecule has 1 aromatic rings. The first-order valence-corrected chi connectivity index (χ1v) is 6.83. The highest BCUT2D eigenvalue weighted by Crippen LogP contribution is 2.12. The number of rotatable bonds is 8. The van der Waals surface area contributed by atoms with Crippen LogP contribution >= 0.6 is 0 Å². The van der Waals surface area contributed by atoms with Crippen LogP contribution in [0.15, 0.2) is 24.3 Å². The number of halogens is 1. The number of carboxylic acid groups (broad SMARTS) is 1. The normalized spacial score (nSPS) is 12.2. The lowest BCUT2D eigenvalue weighted by molar-refractivity contribution is -0.137. The molecule has 1 amide bonds. The Labute approximate surface area is 123 Å². The largest absolute Gasteiger partial charge is 0.481 e. The van der Waals surface area contributed by atoms with E-state index < -0.39 is 5.97 Å². The second-order valence-electron chi connectivity index (χ2n) is 5.08. The molecule has 0 radical (unpaired) electrons. The maximum absolute atomic E-state index is 12.8. The molecular weight excluding hydrogens is 275 g/mol. The quantitative estimate of drug-likeness (QED) is 0.767. The van der Waals surface area contributed by atoms with Gasteiger partial charge in [-0.3, -0.25) is 14.5 Å². The van der Waals surface area contributed by atoms with Gasteiger partial charge in [0.25, 0.3) is 0 Å². The highest BCUT2D eigenvalue weighted by Gasteiger charge is 2.11. The Morgan fingerprint density at radius 2 is 1.95 bits per heavy atom. The SMILES string of the molecule is CC(NC(=O)CN(C)CCCC(=O)O)c1ccc(F)cc1. The van der Waals surface area contributed by atoms with Crippen LogP contribution in [-0.2, 0) is 9.59 Å². The van der Waals surface area contributed by atoms with Gasteiger partial charge in [0.2, 0.25) is 5.91 Å². The summed E-state index contributed by atoms with van der Waals surface area (Å²) in [6, 6.07) is 5.78. The number of hydrogen-bond acceptors (Lipinski definition) is 3. The maximum atomic E-state index is 12.8. The second-order valence-corrected chi connectivity index (χ2v) is 5.08. The summed E-state index contributed by atoms with van der Waals surface area (Å²) in [4.78, 5) is 24.0. The molecule has 1 unspecified atom stereocenters. The summed E-state index contributed by atoms with van der Waals surface area (Å²) in [5.74, 6) is -1.29. The van der Waals surface area contributed by atoms with Crippen molar-refractivity contribution in [3.05, 3.63) is 35.6 Å². The molecular formula is C15H21FN2O3. The molecule has 5 nitrogen and oxygen atoms in total. The van der Waals surface area contributed by atoms with Crippen molar-refractivity contribution in [2.75, 3.05) is 20.1 Å². The molecule has 0 aliphatic rings. The average Bonchev–Trinajstić information content (AvgIpc) is 2.38.